The van der Waals surface area contributed by atoms with Crippen LogP contribution in [0.2, 0.25) is 0 Å². The maximum atomic E-state index is 11.3. The number of halogens is 1. The number of rotatable bonds is 3. The molecule has 0 saturated carbocycles. The minimum atomic E-state index is -0.477. The first-order chi connectivity index (χ1) is 7.91. The fourth-order valence-corrected chi connectivity index (χ4v) is 1.48. The van der Waals surface area contributed by atoms with Crippen molar-refractivity contribution in [2.75, 3.05) is 14.1 Å². The molecule has 0 saturated heterocycles. The number of hydrogen-bond acceptors (Lipinski definition) is 3. The molecule has 0 aliphatic rings. The molecule has 0 aromatic heterocycles. The quantitative estimate of drug-likeness (QED) is 0.489. The number of nitro groups is 1. The molecule has 0 fully saturated rings. The van der Waals surface area contributed by atoms with Crippen molar-refractivity contribution in [2.45, 2.75) is 0 Å². The normalized spacial score (nSPS) is 10.5. The number of likely N-dealkylation sites (N-methyl/N-ethyl adjacent to an activating group) is 1. The Labute approximate surface area is 107 Å². The summed E-state index contributed by atoms with van der Waals surface area (Å²) in [5, 5.41) is 10.7. The maximum absolute atomic E-state index is 11.3. The molecule has 0 aliphatic carbocycles. The number of hydrogen-bond donors (Lipinski definition) is 0. The van der Waals surface area contributed by atoms with Crippen molar-refractivity contribution in [3.63, 3.8) is 0 Å². The molecular weight excluding hydrogens is 288 g/mol. The van der Waals surface area contributed by atoms with Crippen LogP contribution in [0.3, 0.4) is 0 Å². The van der Waals surface area contributed by atoms with Gasteiger partial charge in [0.1, 0.15) is 0 Å². The number of nitro benzene ring substituents is 1. The first-order valence-electron chi connectivity index (χ1n) is 4.75. The van der Waals surface area contributed by atoms with Crippen molar-refractivity contribution in [3.8, 4) is 0 Å². The SMILES string of the molecule is CN(C)C(=O)/C=C/c1ccc(Br)c([N+](=O)[O-])c1. The molecule has 0 unspecified atom stereocenters. The van der Waals surface area contributed by atoms with Crippen LogP contribution >= 0.6 is 15.9 Å². The van der Waals surface area contributed by atoms with Gasteiger partial charge in [-0.05, 0) is 33.6 Å². The summed E-state index contributed by atoms with van der Waals surface area (Å²) in [6.45, 7) is 0. The molecule has 0 spiro atoms. The molecule has 5 nitrogen and oxygen atoms in total. The van der Waals surface area contributed by atoms with E-state index < -0.39 is 4.92 Å². The lowest BCUT2D eigenvalue weighted by Crippen LogP contribution is -2.18. The molecule has 0 N–H and O–H groups in total. The number of carbonyl (C=O) groups excluding carboxylic acids is 1. The van der Waals surface area contributed by atoms with Crippen LogP contribution in [0.15, 0.2) is 28.7 Å². The lowest BCUT2D eigenvalue weighted by molar-refractivity contribution is -0.385. The van der Waals surface area contributed by atoms with Gasteiger partial charge in [0.2, 0.25) is 5.91 Å². The second-order valence-corrected chi connectivity index (χ2v) is 4.39. The third-order valence-corrected chi connectivity index (χ3v) is 2.70. The Morgan fingerprint density at radius 1 is 1.47 bits per heavy atom. The first-order valence-corrected chi connectivity index (χ1v) is 5.54. The van der Waals surface area contributed by atoms with Gasteiger partial charge in [0, 0.05) is 26.2 Å². The predicted octanol–water partition coefficient (Wildman–Crippen LogP) is 2.46. The van der Waals surface area contributed by atoms with Crippen molar-refractivity contribution in [1.29, 1.82) is 0 Å². The Morgan fingerprint density at radius 3 is 2.65 bits per heavy atom. The lowest BCUT2D eigenvalue weighted by Gasteiger charge is -2.05. The van der Waals surface area contributed by atoms with Gasteiger partial charge in [0.05, 0.1) is 9.40 Å². The third kappa shape index (κ3) is 3.67. The van der Waals surface area contributed by atoms with Gasteiger partial charge >= 0.3 is 0 Å². The van der Waals surface area contributed by atoms with E-state index in [1.165, 1.54) is 17.0 Å². The smallest absolute Gasteiger partial charge is 0.284 e. The molecule has 0 aliphatic heterocycles. The van der Waals surface area contributed by atoms with Crippen LogP contribution in [-0.2, 0) is 4.79 Å². The second kappa shape index (κ2) is 5.58. The van der Waals surface area contributed by atoms with Crippen LogP contribution < -0.4 is 0 Å². The fourth-order valence-electron chi connectivity index (χ4n) is 1.09. The monoisotopic (exact) mass is 298 g/mol. The summed E-state index contributed by atoms with van der Waals surface area (Å²) in [7, 11) is 3.27. The Kier molecular flexibility index (Phi) is 4.39. The molecule has 1 rings (SSSR count). The van der Waals surface area contributed by atoms with Gasteiger partial charge in [-0.1, -0.05) is 6.07 Å². The summed E-state index contributed by atoms with van der Waals surface area (Å²) < 4.78 is 0.415. The minimum Gasteiger partial charge on any atom is -0.345 e. The Hall–Kier alpha value is -1.69. The summed E-state index contributed by atoms with van der Waals surface area (Å²) in [6, 6.07) is 4.68. The first kappa shape index (κ1) is 13.4. The van der Waals surface area contributed by atoms with Gasteiger partial charge in [0.25, 0.3) is 5.69 Å². The standard InChI is InChI=1S/C11H11BrN2O3/c1-13(2)11(15)6-4-8-3-5-9(12)10(7-8)14(16)17/h3-7H,1-2H3/b6-4+. The van der Waals surface area contributed by atoms with Crippen LogP contribution in [0, 0.1) is 10.1 Å². The fraction of sp³-hybridized carbons (Fsp3) is 0.182. The second-order valence-electron chi connectivity index (χ2n) is 3.53. The zero-order valence-electron chi connectivity index (χ0n) is 9.38. The maximum Gasteiger partial charge on any atom is 0.284 e. The van der Waals surface area contributed by atoms with Gasteiger partial charge in [-0.25, -0.2) is 0 Å². The van der Waals surface area contributed by atoms with E-state index in [4.69, 9.17) is 0 Å². The van der Waals surface area contributed by atoms with Gasteiger partial charge in [-0.3, -0.25) is 14.9 Å². The minimum absolute atomic E-state index is 0.0237. The van der Waals surface area contributed by atoms with E-state index in [0.717, 1.165) is 0 Å². The zero-order valence-corrected chi connectivity index (χ0v) is 11.0. The average molecular weight is 299 g/mol. The van der Waals surface area contributed by atoms with E-state index in [0.29, 0.717) is 10.0 Å². The number of benzene rings is 1. The van der Waals surface area contributed by atoms with Crippen LogP contribution in [0.1, 0.15) is 5.56 Å². The summed E-state index contributed by atoms with van der Waals surface area (Å²) in [6.07, 6.45) is 2.91. The van der Waals surface area contributed by atoms with Gasteiger partial charge < -0.3 is 4.90 Å². The van der Waals surface area contributed by atoms with Crippen molar-refractivity contribution in [1.82, 2.24) is 4.90 Å². The number of nitrogens with zero attached hydrogens (tertiary/aromatic N) is 2. The van der Waals surface area contributed by atoms with E-state index >= 15 is 0 Å². The van der Waals surface area contributed by atoms with E-state index in [1.54, 1.807) is 32.3 Å². The highest BCUT2D eigenvalue weighted by molar-refractivity contribution is 9.10. The van der Waals surface area contributed by atoms with Crippen molar-refractivity contribution < 1.29 is 9.72 Å². The molecule has 0 bridgehead atoms. The van der Waals surface area contributed by atoms with Crippen molar-refractivity contribution >= 4 is 33.6 Å². The molecule has 1 aromatic carbocycles. The zero-order chi connectivity index (χ0) is 13.0. The highest BCUT2D eigenvalue weighted by Crippen LogP contribution is 2.26. The van der Waals surface area contributed by atoms with E-state index in [1.807, 2.05) is 0 Å². The van der Waals surface area contributed by atoms with E-state index in [2.05, 4.69) is 15.9 Å². The van der Waals surface area contributed by atoms with Gasteiger partial charge in [-0.2, -0.15) is 0 Å². The average Bonchev–Trinajstić information content (AvgIpc) is 2.26. The molecule has 1 amide bonds. The largest absolute Gasteiger partial charge is 0.345 e. The number of amides is 1. The predicted molar refractivity (Wildman–Crippen MR) is 68.5 cm³/mol. The van der Waals surface area contributed by atoms with Crippen LogP contribution in [0.4, 0.5) is 5.69 Å². The van der Waals surface area contributed by atoms with Crippen molar-refractivity contribution in [2.24, 2.45) is 0 Å². The van der Waals surface area contributed by atoms with Gasteiger partial charge in [0.15, 0.2) is 0 Å². The highest BCUT2D eigenvalue weighted by Gasteiger charge is 2.11. The number of carbonyl (C=O) groups is 1. The molecule has 6 heteroatoms. The highest BCUT2D eigenvalue weighted by atomic mass is 79.9. The molecule has 90 valence electrons. The molecule has 0 radical (unpaired) electrons. The van der Waals surface area contributed by atoms with Gasteiger partial charge in [-0.15, -0.1) is 0 Å². The molecule has 1 aromatic rings. The van der Waals surface area contributed by atoms with Crippen LogP contribution in [0.25, 0.3) is 6.08 Å². The topological polar surface area (TPSA) is 63.5 Å². The van der Waals surface area contributed by atoms with Crippen molar-refractivity contribution in [3.05, 3.63) is 44.4 Å². The van der Waals surface area contributed by atoms with Crippen LogP contribution in [-0.4, -0.2) is 29.8 Å². The Balaban J connectivity index is 2.97. The molecular formula is C11H11BrN2O3. The van der Waals surface area contributed by atoms with E-state index in [-0.39, 0.29) is 11.6 Å². The molecule has 0 heterocycles. The molecule has 17 heavy (non-hydrogen) atoms. The summed E-state index contributed by atoms with van der Waals surface area (Å²) in [4.78, 5) is 22.9. The van der Waals surface area contributed by atoms with E-state index in [9.17, 15) is 14.9 Å². The summed E-state index contributed by atoms with van der Waals surface area (Å²) in [5.41, 5.74) is 0.583. The molecule has 0 atom stereocenters. The van der Waals surface area contributed by atoms with Crippen LogP contribution in [0.5, 0.6) is 0 Å². The Morgan fingerprint density at radius 2 is 2.12 bits per heavy atom. The summed E-state index contributed by atoms with van der Waals surface area (Å²) in [5.74, 6) is -0.171. The Bertz CT molecular complexity index is 484. The third-order valence-electron chi connectivity index (χ3n) is 2.03. The summed E-state index contributed by atoms with van der Waals surface area (Å²) >= 11 is 3.09. The lowest BCUT2D eigenvalue weighted by atomic mass is 10.2.